The predicted octanol–water partition coefficient (Wildman–Crippen LogP) is 0.836. The number of hydrogen-bond acceptors (Lipinski definition) is 4. The fraction of sp³-hybridized carbons (Fsp3) is 0.769. The summed E-state index contributed by atoms with van der Waals surface area (Å²) in [6, 6.07) is -0.438. The maximum atomic E-state index is 11.9. The van der Waals surface area contributed by atoms with Crippen molar-refractivity contribution >= 4 is 17.9 Å². The zero-order valence-corrected chi connectivity index (χ0v) is 12.0. The molecule has 0 aromatic heterocycles. The van der Waals surface area contributed by atoms with Crippen molar-refractivity contribution in [3.05, 3.63) is 0 Å². The Hall–Kier alpha value is -1.63. The average molecular weight is 286 g/mol. The first kappa shape index (κ1) is 16.4. The van der Waals surface area contributed by atoms with Crippen LogP contribution in [-0.2, 0) is 14.3 Å². The van der Waals surface area contributed by atoms with E-state index in [1.807, 2.05) is 0 Å². The Bertz CT molecular complexity index is 373. The van der Waals surface area contributed by atoms with Crippen LogP contribution < -0.4 is 5.32 Å². The number of hydrogen-bond donors (Lipinski definition) is 2. The van der Waals surface area contributed by atoms with E-state index in [9.17, 15) is 14.4 Å². The molecule has 0 aromatic rings. The molecule has 1 heterocycles. The van der Waals surface area contributed by atoms with Crippen LogP contribution in [0.5, 0.6) is 0 Å². The number of imide groups is 1. The van der Waals surface area contributed by atoms with Gasteiger partial charge in [-0.05, 0) is 11.8 Å². The summed E-state index contributed by atoms with van der Waals surface area (Å²) in [7, 11) is 0. The Kier molecular flexibility index (Phi) is 5.94. The van der Waals surface area contributed by atoms with Gasteiger partial charge in [0, 0.05) is 26.1 Å². The van der Waals surface area contributed by atoms with Crippen molar-refractivity contribution in [2.24, 2.45) is 5.41 Å². The van der Waals surface area contributed by atoms with Gasteiger partial charge in [-0.15, -0.1) is 0 Å². The second-order valence-electron chi connectivity index (χ2n) is 5.72. The minimum Gasteiger partial charge on any atom is -0.481 e. The molecule has 0 atom stereocenters. The second kappa shape index (κ2) is 7.23. The summed E-state index contributed by atoms with van der Waals surface area (Å²) < 4.78 is 5.23. The predicted molar refractivity (Wildman–Crippen MR) is 71.2 cm³/mol. The molecule has 1 rings (SSSR count). The van der Waals surface area contributed by atoms with Gasteiger partial charge in [-0.2, -0.15) is 0 Å². The number of aliphatic carboxylic acids is 1. The largest absolute Gasteiger partial charge is 0.481 e. The Morgan fingerprint density at radius 1 is 1.20 bits per heavy atom. The molecule has 1 fully saturated rings. The first-order valence-electron chi connectivity index (χ1n) is 6.68. The van der Waals surface area contributed by atoms with Crippen molar-refractivity contribution in [3.8, 4) is 0 Å². The number of amides is 3. The topological polar surface area (TPSA) is 95.9 Å². The van der Waals surface area contributed by atoms with Gasteiger partial charge in [-0.25, -0.2) is 4.79 Å². The zero-order chi connectivity index (χ0) is 15.2. The van der Waals surface area contributed by atoms with E-state index in [1.54, 1.807) is 13.8 Å². The average Bonchev–Trinajstić information content (AvgIpc) is 2.53. The van der Waals surface area contributed by atoms with Crippen LogP contribution in [0, 0.1) is 5.41 Å². The van der Waals surface area contributed by atoms with Crippen molar-refractivity contribution in [1.82, 2.24) is 10.2 Å². The fourth-order valence-electron chi connectivity index (χ4n) is 2.10. The molecule has 7 nitrogen and oxygen atoms in total. The molecule has 3 amide bonds. The Morgan fingerprint density at radius 2 is 1.90 bits per heavy atom. The quantitative estimate of drug-likeness (QED) is 0.798. The van der Waals surface area contributed by atoms with Gasteiger partial charge in [0.05, 0.1) is 13.0 Å². The van der Waals surface area contributed by atoms with Gasteiger partial charge in [0.2, 0.25) is 5.91 Å². The minimum atomic E-state index is -0.959. The van der Waals surface area contributed by atoms with Gasteiger partial charge in [0.25, 0.3) is 0 Å². The summed E-state index contributed by atoms with van der Waals surface area (Å²) in [5.41, 5.74) is -0.682. The molecular formula is C13H22N2O5. The molecule has 0 saturated carbocycles. The van der Waals surface area contributed by atoms with Crippen LogP contribution in [-0.4, -0.2) is 54.2 Å². The molecule has 1 aliphatic heterocycles. The number of carbonyl (C=O) groups is 3. The summed E-state index contributed by atoms with van der Waals surface area (Å²) in [5, 5.41) is 11.1. The molecule has 7 heteroatoms. The molecule has 0 aromatic carbocycles. The van der Waals surface area contributed by atoms with E-state index in [0.717, 1.165) is 6.42 Å². The van der Waals surface area contributed by atoms with Gasteiger partial charge in [-0.1, -0.05) is 13.8 Å². The molecular weight excluding hydrogens is 264 g/mol. The first-order valence-corrected chi connectivity index (χ1v) is 6.68. The second-order valence-corrected chi connectivity index (χ2v) is 5.72. The number of carboxylic acids is 1. The summed E-state index contributed by atoms with van der Waals surface area (Å²) in [5.74, 6) is -1.41. The van der Waals surface area contributed by atoms with Crippen molar-refractivity contribution in [1.29, 1.82) is 0 Å². The van der Waals surface area contributed by atoms with Gasteiger partial charge in [-0.3, -0.25) is 14.9 Å². The van der Waals surface area contributed by atoms with E-state index in [-0.39, 0.29) is 12.8 Å². The van der Waals surface area contributed by atoms with Crippen LogP contribution in [0.2, 0.25) is 0 Å². The van der Waals surface area contributed by atoms with E-state index >= 15 is 0 Å². The highest BCUT2D eigenvalue weighted by Crippen LogP contribution is 2.24. The summed E-state index contributed by atoms with van der Waals surface area (Å²) in [6.45, 7) is 5.46. The Morgan fingerprint density at radius 3 is 2.55 bits per heavy atom. The number of ether oxygens (including phenoxy) is 1. The summed E-state index contributed by atoms with van der Waals surface area (Å²) in [6.07, 6.45) is 0.619. The third-order valence-electron chi connectivity index (χ3n) is 3.02. The normalized spacial score (nSPS) is 16.4. The number of urea groups is 1. The monoisotopic (exact) mass is 286 g/mol. The summed E-state index contributed by atoms with van der Waals surface area (Å²) >= 11 is 0. The van der Waals surface area contributed by atoms with Gasteiger partial charge in [0.15, 0.2) is 0 Å². The van der Waals surface area contributed by atoms with Crippen LogP contribution in [0.3, 0.4) is 0 Å². The highest BCUT2D eigenvalue weighted by molar-refractivity contribution is 5.94. The third kappa shape index (κ3) is 6.01. The maximum Gasteiger partial charge on any atom is 0.324 e. The number of rotatable bonds is 4. The van der Waals surface area contributed by atoms with Gasteiger partial charge < -0.3 is 14.7 Å². The maximum absolute atomic E-state index is 11.9. The smallest absolute Gasteiger partial charge is 0.324 e. The van der Waals surface area contributed by atoms with E-state index in [4.69, 9.17) is 9.84 Å². The third-order valence-corrected chi connectivity index (χ3v) is 3.02. The number of nitrogens with zero attached hydrogens (tertiary/aromatic N) is 1. The molecule has 1 saturated heterocycles. The number of nitrogens with one attached hydrogen (secondary N) is 1. The van der Waals surface area contributed by atoms with Crippen LogP contribution in [0.1, 0.15) is 33.1 Å². The minimum absolute atomic E-state index is 0.00458. The van der Waals surface area contributed by atoms with Crippen molar-refractivity contribution in [2.75, 3.05) is 26.3 Å². The standard InChI is InChI=1S/C13H22N2O5/c1-13(2,9-11(17)18)8-10(16)14-12(19)15-4-3-6-20-7-5-15/h3-9H2,1-2H3,(H,17,18)(H,14,16,19). The van der Waals surface area contributed by atoms with Gasteiger partial charge in [0.1, 0.15) is 0 Å². The molecule has 0 aliphatic carbocycles. The Labute approximate surface area is 118 Å². The van der Waals surface area contributed by atoms with Crippen molar-refractivity contribution < 1.29 is 24.2 Å². The molecule has 0 unspecified atom stereocenters. The molecule has 114 valence electrons. The van der Waals surface area contributed by atoms with Crippen LogP contribution in [0.25, 0.3) is 0 Å². The molecule has 0 bridgehead atoms. The SMILES string of the molecule is CC(C)(CC(=O)O)CC(=O)NC(=O)N1CCCOCC1. The molecule has 1 aliphatic rings. The fourth-order valence-corrected chi connectivity index (χ4v) is 2.10. The lowest BCUT2D eigenvalue weighted by Crippen LogP contribution is -2.45. The molecule has 0 radical (unpaired) electrons. The lowest BCUT2D eigenvalue weighted by molar-refractivity contribution is -0.139. The lowest BCUT2D eigenvalue weighted by Gasteiger charge is -2.23. The van der Waals surface area contributed by atoms with E-state index in [2.05, 4.69) is 5.32 Å². The van der Waals surface area contributed by atoms with Crippen molar-refractivity contribution in [2.45, 2.75) is 33.1 Å². The molecule has 2 N–H and O–H groups in total. The van der Waals surface area contributed by atoms with Crippen LogP contribution >= 0.6 is 0 Å². The lowest BCUT2D eigenvalue weighted by atomic mass is 9.85. The highest BCUT2D eigenvalue weighted by atomic mass is 16.5. The van der Waals surface area contributed by atoms with Crippen LogP contribution in [0.4, 0.5) is 4.79 Å². The number of carbonyl (C=O) groups excluding carboxylic acids is 2. The highest BCUT2D eigenvalue weighted by Gasteiger charge is 2.27. The molecule has 0 spiro atoms. The van der Waals surface area contributed by atoms with E-state index in [1.165, 1.54) is 4.90 Å². The van der Waals surface area contributed by atoms with Crippen LogP contribution in [0.15, 0.2) is 0 Å². The number of carboxylic acid groups (broad SMARTS) is 1. The van der Waals surface area contributed by atoms with Crippen molar-refractivity contribution in [3.63, 3.8) is 0 Å². The summed E-state index contributed by atoms with van der Waals surface area (Å²) in [4.78, 5) is 35.9. The first-order chi connectivity index (χ1) is 9.30. The molecule has 20 heavy (non-hydrogen) atoms. The van der Waals surface area contributed by atoms with Gasteiger partial charge >= 0.3 is 12.0 Å². The zero-order valence-electron chi connectivity index (χ0n) is 12.0. The Balaban J connectivity index is 2.44. The van der Waals surface area contributed by atoms with E-state index < -0.39 is 23.3 Å². The van der Waals surface area contributed by atoms with E-state index in [0.29, 0.717) is 26.3 Å².